The SMILES string of the molecule is CN=C(NCCCOc1ccccc1)N1CCC(CC(=O)NC)CC1. The zero-order valence-electron chi connectivity index (χ0n) is 15.3. The van der Waals surface area contributed by atoms with E-state index in [9.17, 15) is 4.79 Å². The number of nitrogens with zero attached hydrogens (tertiary/aromatic N) is 2. The van der Waals surface area contributed by atoms with E-state index in [1.165, 1.54) is 0 Å². The first-order chi connectivity index (χ1) is 12.2. The first kappa shape index (κ1) is 19.1. The van der Waals surface area contributed by atoms with E-state index in [1.54, 1.807) is 7.05 Å². The maximum Gasteiger partial charge on any atom is 0.220 e. The van der Waals surface area contributed by atoms with E-state index in [0.717, 1.165) is 50.6 Å². The van der Waals surface area contributed by atoms with Gasteiger partial charge in [-0.1, -0.05) is 18.2 Å². The number of para-hydroxylation sites is 1. The Balaban J connectivity index is 1.63. The highest BCUT2D eigenvalue weighted by Gasteiger charge is 2.22. The molecule has 1 aliphatic rings. The zero-order chi connectivity index (χ0) is 17.9. The van der Waals surface area contributed by atoms with Crippen molar-refractivity contribution >= 4 is 11.9 Å². The van der Waals surface area contributed by atoms with Gasteiger partial charge in [0, 0.05) is 40.2 Å². The Morgan fingerprint density at radius 2 is 2.00 bits per heavy atom. The number of hydrogen-bond acceptors (Lipinski definition) is 3. The van der Waals surface area contributed by atoms with Crippen LogP contribution in [0.25, 0.3) is 0 Å². The standard InChI is InChI=1S/C19H30N4O2/c1-20-18(24)15-16-9-12-23(13-10-16)19(21-2)22-11-6-14-25-17-7-4-3-5-8-17/h3-5,7-8,16H,6,9-15H2,1-2H3,(H,20,24)(H,21,22). The third-order valence-corrected chi connectivity index (χ3v) is 4.49. The summed E-state index contributed by atoms with van der Waals surface area (Å²) >= 11 is 0. The average molecular weight is 346 g/mol. The molecule has 0 atom stereocenters. The van der Waals surface area contributed by atoms with Crippen LogP contribution in [-0.2, 0) is 4.79 Å². The van der Waals surface area contributed by atoms with E-state index in [2.05, 4.69) is 20.5 Å². The van der Waals surface area contributed by atoms with Crippen molar-refractivity contribution in [2.45, 2.75) is 25.7 Å². The first-order valence-corrected chi connectivity index (χ1v) is 9.07. The molecule has 2 rings (SSSR count). The number of carbonyl (C=O) groups excluding carboxylic acids is 1. The number of nitrogens with one attached hydrogen (secondary N) is 2. The Bertz CT molecular complexity index is 540. The van der Waals surface area contributed by atoms with Crippen molar-refractivity contribution < 1.29 is 9.53 Å². The maximum absolute atomic E-state index is 11.5. The molecule has 0 spiro atoms. The normalized spacial score (nSPS) is 15.8. The first-order valence-electron chi connectivity index (χ1n) is 9.07. The van der Waals surface area contributed by atoms with Crippen molar-refractivity contribution in [3.63, 3.8) is 0 Å². The molecule has 0 bridgehead atoms. The highest BCUT2D eigenvalue weighted by molar-refractivity contribution is 5.80. The molecule has 0 unspecified atom stereocenters. The predicted octanol–water partition coefficient (Wildman–Crippen LogP) is 1.88. The minimum atomic E-state index is 0.138. The fourth-order valence-corrected chi connectivity index (χ4v) is 3.02. The lowest BCUT2D eigenvalue weighted by Gasteiger charge is -2.34. The second-order valence-corrected chi connectivity index (χ2v) is 6.30. The van der Waals surface area contributed by atoms with Gasteiger partial charge in [0.05, 0.1) is 6.61 Å². The molecule has 0 aliphatic carbocycles. The fourth-order valence-electron chi connectivity index (χ4n) is 3.02. The molecule has 0 radical (unpaired) electrons. The summed E-state index contributed by atoms with van der Waals surface area (Å²) in [5.41, 5.74) is 0. The van der Waals surface area contributed by atoms with Gasteiger partial charge in [0.2, 0.25) is 5.91 Å². The summed E-state index contributed by atoms with van der Waals surface area (Å²) in [6, 6.07) is 9.87. The highest BCUT2D eigenvalue weighted by Crippen LogP contribution is 2.20. The Morgan fingerprint density at radius 1 is 1.28 bits per heavy atom. The number of amides is 1. The highest BCUT2D eigenvalue weighted by atomic mass is 16.5. The summed E-state index contributed by atoms with van der Waals surface area (Å²) in [6.07, 6.45) is 3.62. The van der Waals surface area contributed by atoms with Crippen molar-refractivity contribution in [1.82, 2.24) is 15.5 Å². The third kappa shape index (κ3) is 6.64. The van der Waals surface area contributed by atoms with Crippen LogP contribution >= 0.6 is 0 Å². The lowest BCUT2D eigenvalue weighted by molar-refractivity contribution is -0.121. The number of ether oxygens (including phenoxy) is 1. The number of guanidine groups is 1. The Morgan fingerprint density at radius 3 is 2.64 bits per heavy atom. The minimum Gasteiger partial charge on any atom is -0.494 e. The molecule has 1 amide bonds. The molecule has 0 saturated carbocycles. The van der Waals surface area contributed by atoms with Crippen LogP contribution in [0.1, 0.15) is 25.7 Å². The van der Waals surface area contributed by atoms with Gasteiger partial charge in [-0.3, -0.25) is 9.79 Å². The van der Waals surface area contributed by atoms with Gasteiger partial charge in [-0.05, 0) is 37.3 Å². The number of benzene rings is 1. The molecular weight excluding hydrogens is 316 g/mol. The van der Waals surface area contributed by atoms with Gasteiger partial charge in [-0.25, -0.2) is 0 Å². The van der Waals surface area contributed by atoms with Crippen LogP contribution in [0.3, 0.4) is 0 Å². The monoisotopic (exact) mass is 346 g/mol. The molecule has 1 saturated heterocycles. The van der Waals surface area contributed by atoms with Crippen LogP contribution in [0.4, 0.5) is 0 Å². The number of aliphatic imine (C=N–C) groups is 1. The molecule has 2 N–H and O–H groups in total. The second-order valence-electron chi connectivity index (χ2n) is 6.30. The molecule has 1 fully saturated rings. The summed E-state index contributed by atoms with van der Waals surface area (Å²) in [4.78, 5) is 18.1. The second kappa shape index (κ2) is 10.6. The van der Waals surface area contributed by atoms with Crippen LogP contribution < -0.4 is 15.4 Å². The molecule has 138 valence electrons. The largest absolute Gasteiger partial charge is 0.494 e. The minimum absolute atomic E-state index is 0.138. The number of hydrogen-bond donors (Lipinski definition) is 2. The maximum atomic E-state index is 11.5. The van der Waals surface area contributed by atoms with Crippen molar-refractivity contribution in [3.05, 3.63) is 30.3 Å². The molecule has 1 aromatic rings. The topological polar surface area (TPSA) is 66.0 Å². The van der Waals surface area contributed by atoms with Crippen LogP contribution in [0.15, 0.2) is 35.3 Å². The van der Waals surface area contributed by atoms with E-state index in [0.29, 0.717) is 18.9 Å². The van der Waals surface area contributed by atoms with Crippen LogP contribution in [0.2, 0.25) is 0 Å². The van der Waals surface area contributed by atoms with Gasteiger partial charge < -0.3 is 20.3 Å². The third-order valence-electron chi connectivity index (χ3n) is 4.49. The predicted molar refractivity (Wildman–Crippen MR) is 101 cm³/mol. The number of carbonyl (C=O) groups is 1. The number of likely N-dealkylation sites (tertiary alicyclic amines) is 1. The van der Waals surface area contributed by atoms with Gasteiger partial charge in [-0.15, -0.1) is 0 Å². The molecule has 1 heterocycles. The number of rotatable bonds is 7. The van der Waals surface area contributed by atoms with E-state index < -0.39 is 0 Å². The van der Waals surface area contributed by atoms with Crippen LogP contribution in [0.5, 0.6) is 5.75 Å². The van der Waals surface area contributed by atoms with Gasteiger partial charge in [0.25, 0.3) is 0 Å². The summed E-state index contributed by atoms with van der Waals surface area (Å²) < 4.78 is 5.70. The Labute approximate surface area is 150 Å². The molecule has 25 heavy (non-hydrogen) atoms. The summed E-state index contributed by atoms with van der Waals surface area (Å²) in [6.45, 7) is 3.41. The van der Waals surface area contributed by atoms with E-state index in [-0.39, 0.29) is 5.91 Å². The Hall–Kier alpha value is -2.24. The lowest BCUT2D eigenvalue weighted by atomic mass is 9.93. The molecule has 0 aromatic heterocycles. The van der Waals surface area contributed by atoms with Gasteiger partial charge in [0.15, 0.2) is 5.96 Å². The van der Waals surface area contributed by atoms with E-state index >= 15 is 0 Å². The van der Waals surface area contributed by atoms with E-state index in [1.807, 2.05) is 37.4 Å². The van der Waals surface area contributed by atoms with E-state index in [4.69, 9.17) is 4.74 Å². The van der Waals surface area contributed by atoms with Crippen LogP contribution in [-0.4, -0.2) is 57.1 Å². The smallest absolute Gasteiger partial charge is 0.220 e. The summed E-state index contributed by atoms with van der Waals surface area (Å²) in [5, 5.41) is 6.12. The molecule has 6 heteroatoms. The quantitative estimate of drug-likeness (QED) is 0.449. The van der Waals surface area contributed by atoms with Crippen molar-refractivity contribution in [1.29, 1.82) is 0 Å². The van der Waals surface area contributed by atoms with Crippen LogP contribution in [0, 0.1) is 5.92 Å². The van der Waals surface area contributed by atoms with Crippen molar-refractivity contribution in [3.8, 4) is 5.75 Å². The lowest BCUT2D eigenvalue weighted by Crippen LogP contribution is -2.46. The molecule has 1 aliphatic heterocycles. The number of piperidine rings is 1. The zero-order valence-corrected chi connectivity index (χ0v) is 15.3. The van der Waals surface area contributed by atoms with Gasteiger partial charge >= 0.3 is 0 Å². The van der Waals surface area contributed by atoms with Crippen molar-refractivity contribution in [2.75, 3.05) is 40.3 Å². The summed E-state index contributed by atoms with van der Waals surface area (Å²) in [5.74, 6) is 2.47. The molecular formula is C19H30N4O2. The van der Waals surface area contributed by atoms with Crippen molar-refractivity contribution in [2.24, 2.45) is 10.9 Å². The molecule has 1 aromatic carbocycles. The average Bonchev–Trinajstić information content (AvgIpc) is 2.66. The summed E-state index contributed by atoms with van der Waals surface area (Å²) in [7, 11) is 3.52. The molecule has 6 nitrogen and oxygen atoms in total. The van der Waals surface area contributed by atoms with Gasteiger partial charge in [0.1, 0.15) is 5.75 Å². The van der Waals surface area contributed by atoms with Gasteiger partial charge in [-0.2, -0.15) is 0 Å². The fraction of sp³-hybridized carbons (Fsp3) is 0.579. The Kier molecular flexibility index (Phi) is 8.09.